The summed E-state index contributed by atoms with van der Waals surface area (Å²) in [5, 5.41) is 3.50. The summed E-state index contributed by atoms with van der Waals surface area (Å²) in [6, 6.07) is 8.52. The Morgan fingerprint density at radius 1 is 1.17 bits per heavy atom. The smallest absolute Gasteiger partial charge is 0.0998 e. The van der Waals surface area contributed by atoms with Gasteiger partial charge in [0.2, 0.25) is 0 Å². The molecule has 2 heterocycles. The van der Waals surface area contributed by atoms with Crippen LogP contribution < -0.4 is 5.32 Å². The normalized spacial score (nSPS) is 14.8. The highest BCUT2D eigenvalue weighted by atomic mass is 15.1. The largest absolute Gasteiger partial charge is 0.307 e. The summed E-state index contributed by atoms with van der Waals surface area (Å²) in [5.41, 5.74) is 5.13. The van der Waals surface area contributed by atoms with Crippen molar-refractivity contribution in [3.8, 4) is 5.69 Å². The predicted octanol–water partition coefficient (Wildman–Crippen LogP) is 2.77. The van der Waals surface area contributed by atoms with Crippen LogP contribution in [0.2, 0.25) is 0 Å². The maximum Gasteiger partial charge on any atom is 0.0998 e. The van der Waals surface area contributed by atoms with Gasteiger partial charge in [-0.15, -0.1) is 0 Å². The predicted molar refractivity (Wildman–Crippen MR) is 72.8 cm³/mol. The number of aromatic nitrogens is 2. The molecule has 0 aliphatic carbocycles. The van der Waals surface area contributed by atoms with Gasteiger partial charge in [0.1, 0.15) is 0 Å². The first-order valence-corrected chi connectivity index (χ1v) is 6.43. The lowest BCUT2D eigenvalue weighted by molar-refractivity contribution is 0.555. The summed E-state index contributed by atoms with van der Waals surface area (Å²) >= 11 is 0. The lowest BCUT2D eigenvalue weighted by atomic mass is 9.90. The van der Waals surface area contributed by atoms with E-state index in [1.807, 2.05) is 6.33 Å². The SMILES string of the molecule is CC(C)(C)c1ncn2c1CNCc1ccccc1-2. The zero-order valence-electron chi connectivity index (χ0n) is 11.2. The number of nitrogens with zero attached hydrogens (tertiary/aromatic N) is 2. The van der Waals surface area contributed by atoms with E-state index in [1.165, 1.54) is 22.6 Å². The lowest BCUT2D eigenvalue weighted by Crippen LogP contribution is -2.19. The summed E-state index contributed by atoms with van der Waals surface area (Å²) in [5.74, 6) is 0. The van der Waals surface area contributed by atoms with Crippen LogP contribution in [0.5, 0.6) is 0 Å². The van der Waals surface area contributed by atoms with Gasteiger partial charge in [-0.1, -0.05) is 39.0 Å². The maximum atomic E-state index is 4.63. The summed E-state index contributed by atoms with van der Waals surface area (Å²) in [6.45, 7) is 8.44. The Bertz CT molecular complexity index is 576. The fraction of sp³-hybridized carbons (Fsp3) is 0.400. The topological polar surface area (TPSA) is 29.9 Å². The van der Waals surface area contributed by atoms with Gasteiger partial charge in [-0.25, -0.2) is 4.98 Å². The third kappa shape index (κ3) is 1.75. The van der Waals surface area contributed by atoms with Crippen molar-refractivity contribution in [2.75, 3.05) is 0 Å². The Balaban J connectivity index is 2.21. The van der Waals surface area contributed by atoms with Crippen LogP contribution >= 0.6 is 0 Å². The molecule has 3 rings (SSSR count). The average molecular weight is 241 g/mol. The summed E-state index contributed by atoms with van der Waals surface area (Å²) in [6.07, 6.45) is 1.96. The van der Waals surface area contributed by atoms with Gasteiger partial charge in [0.15, 0.2) is 0 Å². The number of imidazole rings is 1. The molecule has 1 aromatic carbocycles. The van der Waals surface area contributed by atoms with Gasteiger partial charge in [0.25, 0.3) is 0 Å². The molecule has 2 aromatic rings. The first-order valence-electron chi connectivity index (χ1n) is 6.43. The average Bonchev–Trinajstić information content (AvgIpc) is 2.66. The van der Waals surface area contributed by atoms with E-state index in [2.05, 4.69) is 59.9 Å². The fourth-order valence-corrected chi connectivity index (χ4v) is 2.59. The molecule has 0 saturated heterocycles. The van der Waals surface area contributed by atoms with E-state index in [4.69, 9.17) is 0 Å². The molecule has 94 valence electrons. The highest BCUT2D eigenvalue weighted by Crippen LogP contribution is 2.28. The van der Waals surface area contributed by atoms with Crippen LogP contribution in [0.1, 0.15) is 37.7 Å². The highest BCUT2D eigenvalue weighted by Gasteiger charge is 2.25. The quantitative estimate of drug-likeness (QED) is 0.768. The molecule has 0 spiro atoms. The maximum absolute atomic E-state index is 4.63. The number of benzene rings is 1. The number of rotatable bonds is 0. The molecule has 1 aliphatic rings. The van der Waals surface area contributed by atoms with Crippen molar-refractivity contribution in [2.24, 2.45) is 0 Å². The number of para-hydroxylation sites is 1. The first-order chi connectivity index (χ1) is 8.57. The molecular weight excluding hydrogens is 222 g/mol. The van der Waals surface area contributed by atoms with Crippen LogP contribution in [0.15, 0.2) is 30.6 Å². The lowest BCUT2D eigenvalue weighted by Gasteiger charge is -2.18. The minimum Gasteiger partial charge on any atom is -0.307 e. The molecule has 0 bridgehead atoms. The van der Waals surface area contributed by atoms with Crippen molar-refractivity contribution in [2.45, 2.75) is 39.3 Å². The molecule has 18 heavy (non-hydrogen) atoms. The summed E-state index contributed by atoms with van der Waals surface area (Å²) < 4.78 is 2.23. The number of fused-ring (bicyclic) bond motifs is 3. The van der Waals surface area contributed by atoms with E-state index in [0.29, 0.717) is 0 Å². The van der Waals surface area contributed by atoms with Crippen molar-refractivity contribution in [3.63, 3.8) is 0 Å². The molecule has 0 amide bonds. The molecule has 1 N–H and O–H groups in total. The van der Waals surface area contributed by atoms with Crippen LogP contribution in [-0.2, 0) is 18.5 Å². The van der Waals surface area contributed by atoms with Crippen LogP contribution in [0, 0.1) is 0 Å². The van der Waals surface area contributed by atoms with Gasteiger partial charge in [0.05, 0.1) is 23.4 Å². The van der Waals surface area contributed by atoms with Crippen molar-refractivity contribution in [1.82, 2.24) is 14.9 Å². The molecule has 0 unspecified atom stereocenters. The van der Waals surface area contributed by atoms with Crippen molar-refractivity contribution < 1.29 is 0 Å². The van der Waals surface area contributed by atoms with Gasteiger partial charge in [-0.2, -0.15) is 0 Å². The van der Waals surface area contributed by atoms with Crippen LogP contribution in [0.4, 0.5) is 0 Å². The zero-order chi connectivity index (χ0) is 12.8. The Labute approximate surface area is 108 Å². The van der Waals surface area contributed by atoms with Gasteiger partial charge >= 0.3 is 0 Å². The molecule has 0 radical (unpaired) electrons. The second-order valence-electron chi connectivity index (χ2n) is 5.89. The van der Waals surface area contributed by atoms with Crippen molar-refractivity contribution in [1.29, 1.82) is 0 Å². The number of nitrogens with one attached hydrogen (secondary N) is 1. The summed E-state index contributed by atoms with van der Waals surface area (Å²) in [7, 11) is 0. The van der Waals surface area contributed by atoms with Crippen molar-refractivity contribution >= 4 is 0 Å². The Kier molecular flexibility index (Phi) is 2.52. The number of hydrogen-bond acceptors (Lipinski definition) is 2. The highest BCUT2D eigenvalue weighted by molar-refractivity contribution is 5.45. The van der Waals surface area contributed by atoms with Crippen LogP contribution in [-0.4, -0.2) is 9.55 Å². The van der Waals surface area contributed by atoms with Crippen molar-refractivity contribution in [3.05, 3.63) is 47.5 Å². The molecule has 3 nitrogen and oxygen atoms in total. The third-order valence-electron chi connectivity index (χ3n) is 3.44. The first kappa shape index (κ1) is 11.5. The zero-order valence-corrected chi connectivity index (χ0v) is 11.2. The van der Waals surface area contributed by atoms with Gasteiger partial charge in [-0.05, 0) is 11.6 Å². The molecule has 0 fully saturated rings. The molecule has 1 aromatic heterocycles. The molecule has 0 saturated carbocycles. The minimum absolute atomic E-state index is 0.0849. The van der Waals surface area contributed by atoms with Gasteiger partial charge < -0.3 is 9.88 Å². The van der Waals surface area contributed by atoms with E-state index in [0.717, 1.165) is 13.1 Å². The standard InChI is InChI=1S/C15H19N3/c1-15(2,3)14-13-9-16-8-11-6-4-5-7-12(11)18(13)10-17-14/h4-7,10,16H,8-9H2,1-3H3. The monoisotopic (exact) mass is 241 g/mol. The Morgan fingerprint density at radius 3 is 2.72 bits per heavy atom. The fourth-order valence-electron chi connectivity index (χ4n) is 2.59. The van der Waals surface area contributed by atoms with E-state index in [9.17, 15) is 0 Å². The van der Waals surface area contributed by atoms with Gasteiger partial charge in [-0.3, -0.25) is 0 Å². The molecule has 0 atom stereocenters. The van der Waals surface area contributed by atoms with Gasteiger partial charge in [0, 0.05) is 18.5 Å². The van der Waals surface area contributed by atoms with E-state index in [-0.39, 0.29) is 5.41 Å². The molecular formula is C15H19N3. The number of hydrogen-bond donors (Lipinski definition) is 1. The Hall–Kier alpha value is -1.61. The second-order valence-corrected chi connectivity index (χ2v) is 5.89. The van der Waals surface area contributed by atoms with E-state index in [1.54, 1.807) is 0 Å². The molecule has 3 heteroatoms. The Morgan fingerprint density at radius 2 is 1.94 bits per heavy atom. The molecule has 1 aliphatic heterocycles. The third-order valence-corrected chi connectivity index (χ3v) is 3.44. The van der Waals surface area contributed by atoms with E-state index < -0.39 is 0 Å². The van der Waals surface area contributed by atoms with Crippen LogP contribution in [0.25, 0.3) is 5.69 Å². The second kappa shape index (κ2) is 3.95. The summed E-state index contributed by atoms with van der Waals surface area (Å²) in [4.78, 5) is 4.63. The minimum atomic E-state index is 0.0849. The van der Waals surface area contributed by atoms with E-state index >= 15 is 0 Å². The van der Waals surface area contributed by atoms with Crippen LogP contribution in [0.3, 0.4) is 0 Å².